The zero-order valence-electron chi connectivity index (χ0n) is 16.9. The molecule has 1 saturated heterocycles. The van der Waals surface area contributed by atoms with Crippen molar-refractivity contribution in [1.29, 1.82) is 5.26 Å². The maximum atomic E-state index is 12.5. The number of carboxylic acids is 1. The van der Waals surface area contributed by atoms with Crippen LogP contribution in [0.3, 0.4) is 0 Å². The van der Waals surface area contributed by atoms with Crippen molar-refractivity contribution in [3.8, 4) is 6.07 Å². The van der Waals surface area contributed by atoms with Crippen molar-refractivity contribution in [2.75, 3.05) is 18.8 Å². The summed E-state index contributed by atoms with van der Waals surface area (Å²) in [6.07, 6.45) is -1.98. The molecule has 1 aromatic rings. The average Bonchev–Trinajstić information content (AvgIpc) is 2.94. The first-order valence-electron chi connectivity index (χ1n) is 9.67. The molecule has 1 aromatic carbocycles. The molecule has 166 valence electrons. The van der Waals surface area contributed by atoms with Gasteiger partial charge in [-0.05, 0) is 55.5 Å². The van der Waals surface area contributed by atoms with Crippen molar-refractivity contribution in [1.82, 2.24) is 10.0 Å². The van der Waals surface area contributed by atoms with Gasteiger partial charge in [0.25, 0.3) is 0 Å². The van der Waals surface area contributed by atoms with E-state index < -0.39 is 23.5 Å². The molecule has 1 spiro atoms. The smallest absolute Gasteiger partial charge is 0.490 e. The Morgan fingerprint density at radius 3 is 2.53 bits per heavy atom. The maximum absolute atomic E-state index is 12.5. The predicted octanol–water partition coefficient (Wildman–Crippen LogP) is 3.07. The van der Waals surface area contributed by atoms with Crippen LogP contribution in [0.5, 0.6) is 0 Å². The summed E-state index contributed by atoms with van der Waals surface area (Å²) in [7, 11) is 0. The van der Waals surface area contributed by atoms with Crippen molar-refractivity contribution in [3.05, 3.63) is 34.9 Å². The Morgan fingerprint density at radius 1 is 1.43 bits per heavy atom. The predicted molar refractivity (Wildman–Crippen MR) is 107 cm³/mol. The standard InChI is InChI=1S/C18H25N3OS.C2HF3O2/c1-13(2)12-23(22)21-17-16-14(4-3-5-15(16)11-19)10-18(17)6-8-20-9-7-18;3-2(4,5)1(6)7/h3-5,13,17,20-21H,6-10,12H2,1-2H3;(H,6,7)/t17-,23-;/m1./s1. The number of alkyl halides is 3. The Hall–Kier alpha value is -1.80. The normalized spacial score (nSPS) is 20.8. The SMILES string of the molecule is CC(C)C[S@@+]([O-])N[C@@H]1c2c(C#N)cccc2CC12CCNCC2.O=C(O)C(F)(F)F. The highest BCUT2D eigenvalue weighted by atomic mass is 32.2. The summed E-state index contributed by atoms with van der Waals surface area (Å²) in [5, 5.41) is 20.1. The third-order valence-electron chi connectivity index (χ3n) is 5.34. The number of rotatable bonds is 4. The molecule has 2 aliphatic rings. The Bertz CT molecular complexity index is 790. The average molecular weight is 446 g/mol. The molecule has 0 radical (unpaired) electrons. The van der Waals surface area contributed by atoms with Gasteiger partial charge in [0.1, 0.15) is 5.75 Å². The second-order valence-electron chi connectivity index (χ2n) is 8.04. The minimum Gasteiger partial charge on any atom is -0.598 e. The minimum atomic E-state index is -5.08. The van der Waals surface area contributed by atoms with E-state index in [0.29, 0.717) is 11.7 Å². The van der Waals surface area contributed by atoms with Gasteiger partial charge in [-0.15, -0.1) is 4.72 Å². The van der Waals surface area contributed by atoms with Crippen LogP contribution in [0.2, 0.25) is 0 Å². The molecule has 0 aromatic heterocycles. The van der Waals surface area contributed by atoms with Crippen LogP contribution in [0, 0.1) is 22.7 Å². The molecule has 30 heavy (non-hydrogen) atoms. The molecule has 0 amide bonds. The van der Waals surface area contributed by atoms with Crippen LogP contribution in [0.4, 0.5) is 13.2 Å². The Labute approximate surface area is 177 Å². The van der Waals surface area contributed by atoms with Crippen molar-refractivity contribution >= 4 is 17.3 Å². The lowest BCUT2D eigenvalue weighted by atomic mass is 9.73. The Balaban J connectivity index is 0.000000396. The van der Waals surface area contributed by atoms with Gasteiger partial charge in [-0.3, -0.25) is 0 Å². The van der Waals surface area contributed by atoms with Gasteiger partial charge in [0.2, 0.25) is 0 Å². The first-order valence-corrected chi connectivity index (χ1v) is 11.0. The maximum Gasteiger partial charge on any atom is 0.490 e. The monoisotopic (exact) mass is 445 g/mol. The number of carbonyl (C=O) groups is 1. The Morgan fingerprint density at radius 2 is 2.03 bits per heavy atom. The molecular formula is C20H26F3N3O3S. The molecule has 2 atom stereocenters. The van der Waals surface area contributed by atoms with E-state index in [9.17, 15) is 23.0 Å². The van der Waals surface area contributed by atoms with Gasteiger partial charge in [0.15, 0.2) is 0 Å². The van der Waals surface area contributed by atoms with Gasteiger partial charge in [-0.2, -0.15) is 18.4 Å². The quantitative estimate of drug-likeness (QED) is 0.615. The summed E-state index contributed by atoms with van der Waals surface area (Å²) < 4.78 is 47.7. The van der Waals surface area contributed by atoms with Crippen LogP contribution in [0.25, 0.3) is 0 Å². The van der Waals surface area contributed by atoms with Crippen LogP contribution >= 0.6 is 0 Å². The molecule has 1 fully saturated rings. The molecule has 3 rings (SSSR count). The van der Waals surface area contributed by atoms with E-state index >= 15 is 0 Å². The van der Waals surface area contributed by atoms with Gasteiger partial charge in [0.05, 0.1) is 17.7 Å². The van der Waals surface area contributed by atoms with E-state index in [1.54, 1.807) is 0 Å². The van der Waals surface area contributed by atoms with E-state index in [0.717, 1.165) is 43.5 Å². The summed E-state index contributed by atoms with van der Waals surface area (Å²) in [5.74, 6) is -1.72. The van der Waals surface area contributed by atoms with Gasteiger partial charge in [-0.25, -0.2) is 4.79 Å². The second-order valence-corrected chi connectivity index (χ2v) is 9.30. The minimum absolute atomic E-state index is 0.0232. The number of fused-ring (bicyclic) bond motifs is 1. The highest BCUT2D eigenvalue weighted by molar-refractivity contribution is 7.89. The zero-order valence-corrected chi connectivity index (χ0v) is 17.7. The third kappa shape index (κ3) is 5.88. The molecule has 1 heterocycles. The third-order valence-corrected chi connectivity index (χ3v) is 6.80. The highest BCUT2D eigenvalue weighted by Crippen LogP contribution is 2.52. The van der Waals surface area contributed by atoms with Gasteiger partial charge >= 0.3 is 12.1 Å². The number of nitrogens with one attached hydrogen (secondary N) is 2. The van der Waals surface area contributed by atoms with E-state index in [1.807, 2.05) is 12.1 Å². The molecular weight excluding hydrogens is 419 g/mol. The Kier molecular flexibility index (Phi) is 8.16. The number of piperidine rings is 1. The fraction of sp³-hybridized carbons (Fsp3) is 0.600. The fourth-order valence-electron chi connectivity index (χ4n) is 4.05. The molecule has 6 nitrogen and oxygen atoms in total. The number of benzene rings is 1. The molecule has 0 bridgehead atoms. The van der Waals surface area contributed by atoms with Gasteiger partial charge in [-0.1, -0.05) is 26.0 Å². The number of hydrogen-bond donors (Lipinski definition) is 3. The van der Waals surface area contributed by atoms with Crippen molar-refractivity contribution in [2.24, 2.45) is 11.3 Å². The number of carboxylic acid groups (broad SMARTS) is 1. The van der Waals surface area contributed by atoms with Gasteiger partial charge < -0.3 is 15.0 Å². The molecule has 0 saturated carbocycles. The van der Waals surface area contributed by atoms with E-state index in [4.69, 9.17) is 9.90 Å². The van der Waals surface area contributed by atoms with E-state index in [2.05, 4.69) is 36.0 Å². The summed E-state index contributed by atoms with van der Waals surface area (Å²) in [6.45, 7) is 6.15. The summed E-state index contributed by atoms with van der Waals surface area (Å²) in [6, 6.07) is 8.35. The molecule has 1 aliphatic heterocycles. The molecule has 10 heteroatoms. The lowest BCUT2D eigenvalue weighted by molar-refractivity contribution is -0.192. The molecule has 1 aliphatic carbocycles. The zero-order chi connectivity index (χ0) is 22.5. The van der Waals surface area contributed by atoms with Crippen molar-refractivity contribution < 1.29 is 27.6 Å². The van der Waals surface area contributed by atoms with Crippen LogP contribution in [-0.2, 0) is 22.6 Å². The van der Waals surface area contributed by atoms with Crippen LogP contribution < -0.4 is 10.0 Å². The van der Waals surface area contributed by atoms with Crippen LogP contribution in [0.15, 0.2) is 18.2 Å². The first kappa shape index (κ1) is 24.5. The van der Waals surface area contributed by atoms with E-state index in [1.165, 1.54) is 5.56 Å². The topological polar surface area (TPSA) is 108 Å². The van der Waals surface area contributed by atoms with Crippen molar-refractivity contribution in [3.63, 3.8) is 0 Å². The molecule has 0 unspecified atom stereocenters. The van der Waals surface area contributed by atoms with Crippen LogP contribution in [0.1, 0.15) is 49.4 Å². The highest BCUT2D eigenvalue weighted by Gasteiger charge is 2.49. The number of aliphatic carboxylic acids is 1. The summed E-state index contributed by atoms with van der Waals surface area (Å²) in [4.78, 5) is 8.90. The van der Waals surface area contributed by atoms with Gasteiger partial charge in [0, 0.05) is 16.8 Å². The van der Waals surface area contributed by atoms with Crippen LogP contribution in [-0.4, -0.2) is 40.6 Å². The largest absolute Gasteiger partial charge is 0.598 e. The first-order chi connectivity index (χ1) is 14.0. The summed E-state index contributed by atoms with van der Waals surface area (Å²) >= 11 is -1.07. The summed E-state index contributed by atoms with van der Waals surface area (Å²) in [5.41, 5.74) is 3.17. The second kappa shape index (κ2) is 10.0. The van der Waals surface area contributed by atoms with E-state index in [-0.39, 0.29) is 11.5 Å². The lowest BCUT2D eigenvalue weighted by Crippen LogP contribution is -2.46. The number of nitriles is 1. The number of nitrogens with zero attached hydrogens (tertiary/aromatic N) is 1. The lowest BCUT2D eigenvalue weighted by Gasteiger charge is -2.39. The van der Waals surface area contributed by atoms with Crippen molar-refractivity contribution in [2.45, 2.75) is 45.3 Å². The number of halogens is 3. The fourth-order valence-corrected chi connectivity index (χ4v) is 5.38. The number of hydrogen-bond acceptors (Lipinski definition) is 5. The molecule has 3 N–H and O–H groups in total.